The van der Waals surface area contributed by atoms with Crippen molar-refractivity contribution in [1.82, 2.24) is 20.2 Å². The summed E-state index contributed by atoms with van der Waals surface area (Å²) < 4.78 is 0. The van der Waals surface area contributed by atoms with Crippen LogP contribution < -0.4 is 10.9 Å². The Kier molecular flexibility index (Phi) is 7.17. The summed E-state index contributed by atoms with van der Waals surface area (Å²) in [5.74, 6) is 1.46. The van der Waals surface area contributed by atoms with Gasteiger partial charge in [-0.2, -0.15) is 0 Å². The number of nitrogens with one attached hydrogen (secondary N) is 2. The highest BCUT2D eigenvalue weighted by Crippen LogP contribution is 2.23. The van der Waals surface area contributed by atoms with Gasteiger partial charge in [-0.05, 0) is 76.4 Å². The van der Waals surface area contributed by atoms with Crippen molar-refractivity contribution in [2.45, 2.75) is 58.4 Å². The number of likely N-dealkylation sites (tertiary alicyclic amines) is 1. The van der Waals surface area contributed by atoms with Crippen molar-refractivity contribution in [1.29, 1.82) is 0 Å². The number of nitrogens with zero attached hydrogens (tertiary/aromatic N) is 2. The molecule has 1 unspecified atom stereocenters. The molecular formula is C25H34N4O2. The first-order valence-corrected chi connectivity index (χ1v) is 11.7. The molecule has 0 bridgehead atoms. The fourth-order valence-corrected chi connectivity index (χ4v) is 4.99. The lowest BCUT2D eigenvalue weighted by molar-refractivity contribution is -0.125. The highest BCUT2D eigenvalue weighted by Gasteiger charge is 2.25. The Hall–Kier alpha value is -2.47. The Morgan fingerprint density at radius 2 is 1.87 bits per heavy atom. The highest BCUT2D eigenvalue weighted by atomic mass is 16.2. The Morgan fingerprint density at radius 3 is 2.65 bits per heavy atom. The molecule has 0 radical (unpaired) electrons. The van der Waals surface area contributed by atoms with Crippen LogP contribution in [0.3, 0.4) is 0 Å². The van der Waals surface area contributed by atoms with Crippen LogP contribution in [0.4, 0.5) is 0 Å². The molecule has 2 aliphatic rings. The van der Waals surface area contributed by atoms with E-state index in [1.807, 2.05) is 6.92 Å². The van der Waals surface area contributed by atoms with Crippen molar-refractivity contribution in [3.05, 3.63) is 63.3 Å². The van der Waals surface area contributed by atoms with Gasteiger partial charge in [0, 0.05) is 24.6 Å². The third kappa shape index (κ3) is 5.82. The molecule has 2 aromatic rings. The summed E-state index contributed by atoms with van der Waals surface area (Å²) in [6.07, 6.45) is 6.30. The lowest BCUT2D eigenvalue weighted by atomic mass is 9.93. The van der Waals surface area contributed by atoms with Gasteiger partial charge in [-0.15, -0.1) is 0 Å². The molecular weight excluding hydrogens is 388 g/mol. The van der Waals surface area contributed by atoms with E-state index in [-0.39, 0.29) is 17.4 Å². The van der Waals surface area contributed by atoms with E-state index in [0.29, 0.717) is 24.6 Å². The lowest BCUT2D eigenvalue weighted by Crippen LogP contribution is -2.36. The average Bonchev–Trinajstić information content (AvgIpc) is 2.98. The van der Waals surface area contributed by atoms with Crippen LogP contribution in [-0.4, -0.2) is 40.4 Å². The van der Waals surface area contributed by atoms with Crippen LogP contribution in [0.5, 0.6) is 0 Å². The van der Waals surface area contributed by atoms with Crippen LogP contribution >= 0.6 is 0 Å². The largest absolute Gasteiger partial charge is 0.356 e. The van der Waals surface area contributed by atoms with Gasteiger partial charge in [-0.25, -0.2) is 4.98 Å². The third-order valence-corrected chi connectivity index (χ3v) is 6.87. The number of H-pyrrole nitrogens is 1. The minimum atomic E-state index is -0.0397. The maximum absolute atomic E-state index is 12.7. The van der Waals surface area contributed by atoms with Gasteiger partial charge >= 0.3 is 0 Å². The molecule has 2 N–H and O–H groups in total. The van der Waals surface area contributed by atoms with Gasteiger partial charge in [0.2, 0.25) is 5.91 Å². The van der Waals surface area contributed by atoms with E-state index in [9.17, 15) is 9.59 Å². The normalized spacial score (nSPS) is 20.1. The zero-order chi connectivity index (χ0) is 21.6. The molecule has 1 saturated heterocycles. The second-order valence-corrected chi connectivity index (χ2v) is 9.14. The predicted octanol–water partition coefficient (Wildman–Crippen LogP) is 2.99. The van der Waals surface area contributed by atoms with Crippen LogP contribution in [0.25, 0.3) is 0 Å². The van der Waals surface area contributed by atoms with E-state index in [0.717, 1.165) is 56.7 Å². The zero-order valence-electron chi connectivity index (χ0n) is 18.5. The molecule has 0 spiro atoms. The molecule has 0 saturated carbocycles. The van der Waals surface area contributed by atoms with E-state index in [1.54, 1.807) is 0 Å². The Morgan fingerprint density at radius 1 is 1.13 bits per heavy atom. The SMILES string of the molecule is Cc1nc2c(c(=O)[nH]1)CCC(C(=O)NCCC1CCN(Cc3ccccc3)CC1)CC2. The van der Waals surface area contributed by atoms with Gasteiger partial charge in [-0.1, -0.05) is 30.3 Å². The van der Waals surface area contributed by atoms with E-state index in [4.69, 9.17) is 0 Å². The molecule has 2 heterocycles. The van der Waals surface area contributed by atoms with Gasteiger partial charge < -0.3 is 10.3 Å². The second kappa shape index (κ2) is 10.2. The predicted molar refractivity (Wildman–Crippen MR) is 122 cm³/mol. The van der Waals surface area contributed by atoms with Gasteiger partial charge in [-0.3, -0.25) is 14.5 Å². The summed E-state index contributed by atoms with van der Waals surface area (Å²) in [5.41, 5.74) is 2.98. The van der Waals surface area contributed by atoms with Gasteiger partial charge in [0.15, 0.2) is 0 Å². The fraction of sp³-hybridized carbons (Fsp3) is 0.560. The topological polar surface area (TPSA) is 78.1 Å². The van der Waals surface area contributed by atoms with Gasteiger partial charge in [0.1, 0.15) is 5.82 Å². The van der Waals surface area contributed by atoms with Crippen LogP contribution in [-0.2, 0) is 24.2 Å². The Bertz CT molecular complexity index is 932. The summed E-state index contributed by atoms with van der Waals surface area (Å²) in [6.45, 7) is 5.86. The Labute approximate surface area is 184 Å². The number of fused-ring (bicyclic) bond motifs is 1. The van der Waals surface area contributed by atoms with Crippen LogP contribution in [0.1, 0.15) is 54.7 Å². The molecule has 1 aromatic heterocycles. The summed E-state index contributed by atoms with van der Waals surface area (Å²) in [7, 11) is 0. The zero-order valence-corrected chi connectivity index (χ0v) is 18.5. The second-order valence-electron chi connectivity index (χ2n) is 9.14. The number of carbonyl (C=O) groups is 1. The number of hydrogen-bond acceptors (Lipinski definition) is 4. The maximum Gasteiger partial charge on any atom is 0.254 e. The molecule has 4 rings (SSSR count). The maximum atomic E-state index is 12.7. The minimum absolute atomic E-state index is 0.0263. The quantitative estimate of drug-likeness (QED) is 0.702. The molecule has 1 aliphatic carbocycles. The molecule has 6 heteroatoms. The summed E-state index contributed by atoms with van der Waals surface area (Å²) >= 11 is 0. The van der Waals surface area contributed by atoms with E-state index < -0.39 is 0 Å². The number of aromatic nitrogens is 2. The summed E-state index contributed by atoms with van der Waals surface area (Å²) in [6, 6.07) is 10.7. The monoisotopic (exact) mass is 422 g/mol. The van der Waals surface area contributed by atoms with Crippen molar-refractivity contribution in [2.75, 3.05) is 19.6 Å². The van der Waals surface area contributed by atoms with Crippen molar-refractivity contribution in [3.63, 3.8) is 0 Å². The Balaban J connectivity index is 1.17. The minimum Gasteiger partial charge on any atom is -0.356 e. The first kappa shape index (κ1) is 21.8. The van der Waals surface area contributed by atoms with Crippen molar-refractivity contribution in [2.24, 2.45) is 11.8 Å². The number of aromatic amines is 1. The number of aryl methyl sites for hydroxylation is 2. The van der Waals surface area contributed by atoms with Gasteiger partial charge in [0.25, 0.3) is 5.56 Å². The molecule has 1 aliphatic heterocycles. The molecule has 6 nitrogen and oxygen atoms in total. The van der Waals surface area contributed by atoms with E-state index in [2.05, 4.69) is 50.5 Å². The number of piperidine rings is 1. The number of carbonyl (C=O) groups excluding carboxylic acids is 1. The third-order valence-electron chi connectivity index (χ3n) is 6.87. The number of amides is 1. The molecule has 1 aromatic carbocycles. The fourth-order valence-electron chi connectivity index (χ4n) is 4.99. The molecule has 1 fully saturated rings. The first-order chi connectivity index (χ1) is 15.1. The molecule has 166 valence electrons. The molecule has 31 heavy (non-hydrogen) atoms. The lowest BCUT2D eigenvalue weighted by Gasteiger charge is -2.32. The van der Waals surface area contributed by atoms with Crippen LogP contribution in [0.15, 0.2) is 35.1 Å². The average molecular weight is 423 g/mol. The first-order valence-electron chi connectivity index (χ1n) is 11.7. The highest BCUT2D eigenvalue weighted by molar-refractivity contribution is 5.78. The number of rotatable bonds is 6. The standard InChI is InChI=1S/C25H34N4O2/c1-18-27-23-10-8-21(7-9-22(23)25(31)28-18)24(30)26-14-11-19-12-15-29(16-13-19)17-20-5-3-2-4-6-20/h2-6,19,21H,7-17H2,1H3,(H,26,30)(H,27,28,31). The smallest absolute Gasteiger partial charge is 0.254 e. The van der Waals surface area contributed by atoms with Gasteiger partial charge in [0.05, 0.1) is 5.69 Å². The van der Waals surface area contributed by atoms with Crippen LogP contribution in [0.2, 0.25) is 0 Å². The summed E-state index contributed by atoms with van der Waals surface area (Å²) in [4.78, 5) is 34.7. The molecule has 1 atom stereocenters. The summed E-state index contributed by atoms with van der Waals surface area (Å²) in [5, 5.41) is 3.17. The van der Waals surface area contributed by atoms with E-state index in [1.165, 1.54) is 18.4 Å². The number of hydrogen-bond donors (Lipinski definition) is 2. The van der Waals surface area contributed by atoms with Crippen molar-refractivity contribution >= 4 is 5.91 Å². The molecule has 1 amide bonds. The van der Waals surface area contributed by atoms with Crippen molar-refractivity contribution in [3.8, 4) is 0 Å². The number of benzene rings is 1. The van der Waals surface area contributed by atoms with Crippen molar-refractivity contribution < 1.29 is 4.79 Å². The van der Waals surface area contributed by atoms with E-state index >= 15 is 0 Å². The van der Waals surface area contributed by atoms with Crippen LogP contribution in [0, 0.1) is 18.8 Å².